The minimum absolute atomic E-state index is 0.171. The van der Waals surface area contributed by atoms with Gasteiger partial charge in [-0.1, -0.05) is 12.8 Å². The fourth-order valence-corrected chi connectivity index (χ4v) is 3.73. The van der Waals surface area contributed by atoms with E-state index in [1.165, 1.54) is 57.3 Å². The highest BCUT2D eigenvalue weighted by atomic mass is 16.3. The van der Waals surface area contributed by atoms with Gasteiger partial charge in [0.05, 0.1) is 6.10 Å². The monoisotopic (exact) mass is 221 g/mol. The molecule has 2 atom stereocenters. The number of nitrogens with zero attached hydrogens (tertiary/aromatic N) is 1. The van der Waals surface area contributed by atoms with Crippen LogP contribution >= 0.6 is 0 Å². The molecule has 2 heteroatoms. The van der Waals surface area contributed by atoms with Crippen molar-refractivity contribution in [3.8, 4) is 0 Å². The number of allylic oxidation sites excluding steroid dienone is 1. The van der Waals surface area contributed by atoms with E-state index in [2.05, 4.69) is 11.0 Å². The zero-order chi connectivity index (χ0) is 11.0. The van der Waals surface area contributed by atoms with Crippen molar-refractivity contribution >= 4 is 0 Å². The van der Waals surface area contributed by atoms with E-state index in [1.54, 1.807) is 0 Å². The van der Waals surface area contributed by atoms with E-state index >= 15 is 0 Å². The molecule has 2 unspecified atom stereocenters. The molecule has 0 spiro atoms. The zero-order valence-corrected chi connectivity index (χ0v) is 10.1. The average Bonchev–Trinajstić information content (AvgIpc) is 2.90. The molecule has 2 aliphatic carbocycles. The van der Waals surface area contributed by atoms with Crippen molar-refractivity contribution < 1.29 is 5.11 Å². The lowest BCUT2D eigenvalue weighted by atomic mass is 9.91. The van der Waals surface area contributed by atoms with E-state index in [4.69, 9.17) is 0 Å². The SMILES string of the molecule is OC1C=C2C(CC1)CCN2CC1CCCC1. The van der Waals surface area contributed by atoms with E-state index in [0.29, 0.717) is 0 Å². The van der Waals surface area contributed by atoms with Gasteiger partial charge in [-0.15, -0.1) is 0 Å². The van der Waals surface area contributed by atoms with Crippen LogP contribution in [0.1, 0.15) is 44.9 Å². The Morgan fingerprint density at radius 2 is 1.94 bits per heavy atom. The minimum atomic E-state index is -0.171. The molecule has 2 fully saturated rings. The maximum Gasteiger partial charge on any atom is 0.0740 e. The summed E-state index contributed by atoms with van der Waals surface area (Å²) >= 11 is 0. The van der Waals surface area contributed by atoms with Gasteiger partial charge in [0, 0.05) is 24.7 Å². The van der Waals surface area contributed by atoms with Crippen molar-refractivity contribution in [3.63, 3.8) is 0 Å². The van der Waals surface area contributed by atoms with Crippen molar-refractivity contribution in [3.05, 3.63) is 11.8 Å². The third-order valence-corrected chi connectivity index (χ3v) is 4.66. The maximum atomic E-state index is 9.73. The van der Waals surface area contributed by atoms with Crippen LogP contribution in [0.5, 0.6) is 0 Å². The Morgan fingerprint density at radius 1 is 1.12 bits per heavy atom. The Morgan fingerprint density at radius 3 is 2.75 bits per heavy atom. The van der Waals surface area contributed by atoms with Gasteiger partial charge in [0.15, 0.2) is 0 Å². The van der Waals surface area contributed by atoms with Gasteiger partial charge in [-0.25, -0.2) is 0 Å². The number of hydrogen-bond acceptors (Lipinski definition) is 2. The first-order valence-corrected chi connectivity index (χ1v) is 6.97. The van der Waals surface area contributed by atoms with E-state index in [-0.39, 0.29) is 6.10 Å². The van der Waals surface area contributed by atoms with Gasteiger partial charge in [0.25, 0.3) is 0 Å². The Labute approximate surface area is 98.3 Å². The molecule has 1 heterocycles. The molecule has 16 heavy (non-hydrogen) atoms. The van der Waals surface area contributed by atoms with Crippen LogP contribution in [0.3, 0.4) is 0 Å². The first kappa shape index (κ1) is 10.6. The highest BCUT2D eigenvalue weighted by Crippen LogP contribution is 2.37. The molecule has 0 amide bonds. The van der Waals surface area contributed by atoms with Crippen LogP contribution in [-0.4, -0.2) is 29.2 Å². The summed E-state index contributed by atoms with van der Waals surface area (Å²) in [6, 6.07) is 0. The molecular formula is C14H23NO. The molecular weight excluding hydrogens is 198 g/mol. The molecule has 1 N–H and O–H groups in total. The lowest BCUT2D eigenvalue weighted by Crippen LogP contribution is -2.27. The summed E-state index contributed by atoms with van der Waals surface area (Å²) in [4.78, 5) is 2.57. The Bertz CT molecular complexity index is 280. The molecule has 2 nitrogen and oxygen atoms in total. The Hall–Kier alpha value is -0.500. The Kier molecular flexibility index (Phi) is 2.93. The molecule has 1 saturated heterocycles. The fourth-order valence-electron chi connectivity index (χ4n) is 3.73. The van der Waals surface area contributed by atoms with Gasteiger partial charge < -0.3 is 10.0 Å². The number of hydrogen-bond donors (Lipinski definition) is 1. The van der Waals surface area contributed by atoms with Gasteiger partial charge in [0.2, 0.25) is 0 Å². The van der Waals surface area contributed by atoms with Gasteiger partial charge >= 0.3 is 0 Å². The summed E-state index contributed by atoms with van der Waals surface area (Å²) in [5.74, 6) is 1.70. The summed E-state index contributed by atoms with van der Waals surface area (Å²) in [5, 5.41) is 9.73. The second-order valence-corrected chi connectivity index (χ2v) is 5.82. The number of likely N-dealkylation sites (tertiary alicyclic amines) is 1. The summed E-state index contributed by atoms with van der Waals surface area (Å²) in [6.45, 7) is 2.49. The molecule has 1 aliphatic heterocycles. The molecule has 0 aromatic carbocycles. The second-order valence-electron chi connectivity index (χ2n) is 5.82. The number of fused-ring (bicyclic) bond motifs is 1. The van der Waals surface area contributed by atoms with Crippen LogP contribution in [0.15, 0.2) is 11.8 Å². The highest BCUT2D eigenvalue weighted by Gasteiger charge is 2.32. The molecule has 0 aromatic heterocycles. The number of rotatable bonds is 2. The van der Waals surface area contributed by atoms with Gasteiger partial charge in [0.1, 0.15) is 0 Å². The largest absolute Gasteiger partial charge is 0.389 e. The van der Waals surface area contributed by atoms with Crippen LogP contribution < -0.4 is 0 Å². The second kappa shape index (κ2) is 4.40. The summed E-state index contributed by atoms with van der Waals surface area (Å²) in [5.41, 5.74) is 1.48. The average molecular weight is 221 g/mol. The van der Waals surface area contributed by atoms with E-state index in [0.717, 1.165) is 18.3 Å². The molecule has 1 saturated carbocycles. The number of aliphatic hydroxyl groups excluding tert-OH is 1. The molecule has 3 rings (SSSR count). The zero-order valence-electron chi connectivity index (χ0n) is 10.1. The highest BCUT2D eigenvalue weighted by molar-refractivity contribution is 5.16. The predicted molar refractivity (Wildman–Crippen MR) is 65.0 cm³/mol. The van der Waals surface area contributed by atoms with Crippen molar-refractivity contribution in [1.82, 2.24) is 4.90 Å². The van der Waals surface area contributed by atoms with Crippen LogP contribution in [0, 0.1) is 11.8 Å². The van der Waals surface area contributed by atoms with Crippen molar-refractivity contribution in [2.24, 2.45) is 11.8 Å². The van der Waals surface area contributed by atoms with Crippen molar-refractivity contribution in [2.45, 2.75) is 51.0 Å². The maximum absolute atomic E-state index is 9.73. The first-order chi connectivity index (χ1) is 7.83. The third kappa shape index (κ3) is 2.00. The number of aliphatic hydroxyl groups is 1. The first-order valence-electron chi connectivity index (χ1n) is 6.97. The van der Waals surface area contributed by atoms with E-state index < -0.39 is 0 Å². The molecule has 0 aromatic rings. The molecule has 90 valence electrons. The Balaban J connectivity index is 1.66. The fraction of sp³-hybridized carbons (Fsp3) is 0.857. The molecule has 0 bridgehead atoms. The van der Waals surface area contributed by atoms with Crippen LogP contribution in [0.2, 0.25) is 0 Å². The lowest BCUT2D eigenvalue weighted by Gasteiger charge is -2.29. The van der Waals surface area contributed by atoms with Crippen LogP contribution in [0.4, 0.5) is 0 Å². The molecule has 0 radical (unpaired) electrons. The van der Waals surface area contributed by atoms with Crippen molar-refractivity contribution in [1.29, 1.82) is 0 Å². The summed E-state index contributed by atoms with van der Waals surface area (Å²) in [6.07, 6.45) is 11.2. The minimum Gasteiger partial charge on any atom is -0.389 e. The van der Waals surface area contributed by atoms with Crippen molar-refractivity contribution in [2.75, 3.05) is 13.1 Å². The standard InChI is InChI=1S/C14H23NO/c16-13-6-5-12-7-8-15(14(12)9-13)10-11-3-1-2-4-11/h9,11-13,16H,1-8,10H2. The normalized spacial score (nSPS) is 35.3. The van der Waals surface area contributed by atoms with Crippen LogP contribution in [0.25, 0.3) is 0 Å². The third-order valence-electron chi connectivity index (χ3n) is 4.66. The van der Waals surface area contributed by atoms with Gasteiger partial charge in [-0.05, 0) is 44.1 Å². The summed E-state index contributed by atoms with van der Waals surface area (Å²) < 4.78 is 0. The quantitative estimate of drug-likeness (QED) is 0.774. The lowest BCUT2D eigenvalue weighted by molar-refractivity contribution is 0.186. The van der Waals surface area contributed by atoms with Gasteiger partial charge in [-0.2, -0.15) is 0 Å². The van der Waals surface area contributed by atoms with E-state index in [9.17, 15) is 5.11 Å². The van der Waals surface area contributed by atoms with Crippen LogP contribution in [-0.2, 0) is 0 Å². The predicted octanol–water partition coefficient (Wildman–Crippen LogP) is 2.54. The topological polar surface area (TPSA) is 23.5 Å². The summed E-state index contributed by atoms with van der Waals surface area (Å²) in [7, 11) is 0. The smallest absolute Gasteiger partial charge is 0.0740 e. The molecule has 3 aliphatic rings. The van der Waals surface area contributed by atoms with Gasteiger partial charge in [-0.3, -0.25) is 0 Å². The van der Waals surface area contributed by atoms with E-state index in [1.807, 2.05) is 0 Å².